The Kier molecular flexibility index (Phi) is 5.22. The molecule has 8 nitrogen and oxygen atoms in total. The number of sulfonamides is 1. The molecule has 2 aromatic carbocycles. The highest BCUT2D eigenvalue weighted by atomic mass is 32.2. The molecule has 1 amide bonds. The van der Waals surface area contributed by atoms with Gasteiger partial charge in [-0.3, -0.25) is 9.88 Å². The van der Waals surface area contributed by atoms with Gasteiger partial charge in [-0.05, 0) is 43.2 Å². The molecule has 0 spiro atoms. The molecule has 5 rings (SSSR count). The summed E-state index contributed by atoms with van der Waals surface area (Å²) in [6.07, 6.45) is 2.26. The molecule has 0 N–H and O–H groups in total. The van der Waals surface area contributed by atoms with Crippen LogP contribution < -0.4 is 9.64 Å². The van der Waals surface area contributed by atoms with Crippen LogP contribution in [0.25, 0.3) is 10.9 Å². The Labute approximate surface area is 186 Å². The van der Waals surface area contributed by atoms with E-state index in [1.807, 2.05) is 24.3 Å². The maximum Gasteiger partial charge on any atom is 0.415 e. The highest BCUT2D eigenvalue weighted by molar-refractivity contribution is 7.89. The molecule has 0 unspecified atom stereocenters. The summed E-state index contributed by atoms with van der Waals surface area (Å²) in [5.74, 6) is 0.610. The summed E-state index contributed by atoms with van der Waals surface area (Å²) in [7, 11) is -2.08. The average Bonchev–Trinajstić information content (AvgIpc) is 2.83. The number of nitrogens with zero attached hydrogens (tertiary/aromatic N) is 3. The van der Waals surface area contributed by atoms with Gasteiger partial charge in [0.05, 0.1) is 23.2 Å². The minimum Gasteiger partial charge on any atom is -0.495 e. The number of fused-ring (bicyclic) bond motifs is 2. The molecule has 1 fully saturated rings. The predicted octanol–water partition coefficient (Wildman–Crippen LogP) is 3.55. The quantitative estimate of drug-likeness (QED) is 0.600. The second-order valence-electron chi connectivity index (χ2n) is 7.89. The number of rotatable bonds is 4. The van der Waals surface area contributed by atoms with E-state index in [0.717, 1.165) is 22.2 Å². The molecule has 0 bridgehead atoms. The maximum atomic E-state index is 13.3. The van der Waals surface area contributed by atoms with Gasteiger partial charge in [-0.15, -0.1) is 0 Å². The second-order valence-corrected chi connectivity index (χ2v) is 9.82. The molecule has 166 valence electrons. The normalized spacial score (nSPS) is 17.8. The Morgan fingerprint density at radius 1 is 1.09 bits per heavy atom. The number of ether oxygens (including phenoxy) is 2. The van der Waals surface area contributed by atoms with Crippen molar-refractivity contribution >= 4 is 32.7 Å². The predicted molar refractivity (Wildman–Crippen MR) is 119 cm³/mol. The Morgan fingerprint density at radius 3 is 2.69 bits per heavy atom. The van der Waals surface area contributed by atoms with Crippen molar-refractivity contribution in [2.45, 2.75) is 30.4 Å². The van der Waals surface area contributed by atoms with E-state index in [0.29, 0.717) is 31.7 Å². The van der Waals surface area contributed by atoms with Crippen LogP contribution in [0.4, 0.5) is 10.5 Å². The Hall–Kier alpha value is -3.17. The van der Waals surface area contributed by atoms with Crippen LogP contribution in [0.1, 0.15) is 18.4 Å². The van der Waals surface area contributed by atoms with E-state index in [1.165, 1.54) is 4.31 Å². The summed E-state index contributed by atoms with van der Waals surface area (Å²) in [6, 6.07) is 14.0. The average molecular weight is 454 g/mol. The van der Waals surface area contributed by atoms with Gasteiger partial charge in [0, 0.05) is 36.3 Å². The fourth-order valence-electron chi connectivity index (χ4n) is 4.46. The van der Waals surface area contributed by atoms with E-state index in [4.69, 9.17) is 9.47 Å². The lowest BCUT2D eigenvalue weighted by Gasteiger charge is -2.40. The Balaban J connectivity index is 1.38. The Morgan fingerprint density at radius 2 is 1.91 bits per heavy atom. The van der Waals surface area contributed by atoms with Crippen molar-refractivity contribution in [1.29, 1.82) is 0 Å². The van der Waals surface area contributed by atoms with Crippen LogP contribution in [0.5, 0.6) is 5.75 Å². The number of cyclic esters (lactones) is 1. The van der Waals surface area contributed by atoms with Crippen LogP contribution in [0.3, 0.4) is 0 Å². The van der Waals surface area contributed by atoms with Gasteiger partial charge >= 0.3 is 6.09 Å². The van der Waals surface area contributed by atoms with E-state index >= 15 is 0 Å². The number of aromatic nitrogens is 1. The minimum absolute atomic E-state index is 0.176. The van der Waals surface area contributed by atoms with Gasteiger partial charge in [-0.1, -0.05) is 18.2 Å². The number of benzene rings is 2. The van der Waals surface area contributed by atoms with Crippen molar-refractivity contribution in [3.05, 3.63) is 60.3 Å². The monoisotopic (exact) mass is 453 g/mol. The Bertz CT molecular complexity index is 1270. The van der Waals surface area contributed by atoms with Crippen LogP contribution in [0.15, 0.2) is 59.6 Å². The zero-order valence-corrected chi connectivity index (χ0v) is 18.4. The van der Waals surface area contributed by atoms with Gasteiger partial charge in [0.15, 0.2) is 0 Å². The molecule has 1 aromatic heterocycles. The van der Waals surface area contributed by atoms with Crippen LogP contribution in [-0.2, 0) is 21.4 Å². The number of carbonyl (C=O) groups is 1. The second kappa shape index (κ2) is 8.07. The lowest BCUT2D eigenvalue weighted by Crippen LogP contribution is -2.50. The van der Waals surface area contributed by atoms with Crippen molar-refractivity contribution in [2.24, 2.45) is 0 Å². The zero-order valence-electron chi connectivity index (χ0n) is 17.6. The number of para-hydroxylation sites is 1. The topological polar surface area (TPSA) is 89.0 Å². The molecule has 0 atom stereocenters. The van der Waals surface area contributed by atoms with Crippen molar-refractivity contribution in [1.82, 2.24) is 9.29 Å². The van der Waals surface area contributed by atoms with Gasteiger partial charge in [0.1, 0.15) is 12.4 Å². The molecule has 0 radical (unpaired) electrons. The minimum atomic E-state index is -3.65. The lowest BCUT2D eigenvalue weighted by molar-refractivity contribution is 0.135. The zero-order chi connectivity index (χ0) is 22.3. The number of hydrogen-bond acceptors (Lipinski definition) is 6. The molecule has 2 aliphatic rings. The SMILES string of the molecule is COc1cccc2c1N(C1CCN(S(=O)(=O)c3ccc4ncccc4c3)CC1)C(=O)OC2. The van der Waals surface area contributed by atoms with Crippen molar-refractivity contribution in [3.8, 4) is 5.75 Å². The molecular formula is C23H23N3O5S. The first kappa shape index (κ1) is 20.7. The molecule has 0 saturated carbocycles. The third-order valence-electron chi connectivity index (χ3n) is 6.09. The molecule has 32 heavy (non-hydrogen) atoms. The van der Waals surface area contributed by atoms with Gasteiger partial charge in [-0.2, -0.15) is 4.31 Å². The standard InChI is InChI=1S/C23H23N3O5S/c1-30-21-6-2-4-17-15-31-23(27)26(22(17)21)18-9-12-25(13-10-18)32(28,29)19-7-8-20-16(14-19)5-3-11-24-20/h2-8,11,14,18H,9-10,12-13,15H2,1H3. The van der Waals surface area contributed by atoms with Crippen molar-refractivity contribution in [2.75, 3.05) is 25.1 Å². The van der Waals surface area contributed by atoms with Crippen LogP contribution in [-0.4, -0.2) is 50.0 Å². The fourth-order valence-corrected chi connectivity index (χ4v) is 5.96. The first-order valence-corrected chi connectivity index (χ1v) is 11.9. The summed E-state index contributed by atoms with van der Waals surface area (Å²) in [4.78, 5) is 18.8. The fraction of sp³-hybridized carbons (Fsp3) is 0.304. The molecule has 3 heterocycles. The van der Waals surface area contributed by atoms with Gasteiger partial charge < -0.3 is 9.47 Å². The molecular weight excluding hydrogens is 430 g/mol. The first-order valence-electron chi connectivity index (χ1n) is 10.5. The summed E-state index contributed by atoms with van der Waals surface area (Å²) in [5, 5.41) is 0.781. The summed E-state index contributed by atoms with van der Waals surface area (Å²) in [5.41, 5.74) is 2.35. The molecule has 3 aromatic rings. The third-order valence-corrected chi connectivity index (χ3v) is 7.99. The van der Waals surface area contributed by atoms with E-state index < -0.39 is 16.1 Å². The number of carbonyl (C=O) groups excluding carboxylic acids is 1. The highest BCUT2D eigenvalue weighted by Crippen LogP contribution is 2.39. The number of hydrogen-bond donors (Lipinski definition) is 0. The number of piperidine rings is 1. The lowest BCUT2D eigenvalue weighted by atomic mass is 10.0. The maximum absolute atomic E-state index is 13.3. The smallest absolute Gasteiger partial charge is 0.415 e. The van der Waals surface area contributed by atoms with Crippen LogP contribution in [0.2, 0.25) is 0 Å². The summed E-state index contributed by atoms with van der Waals surface area (Å²) < 4.78 is 38.9. The van der Waals surface area contributed by atoms with E-state index in [1.54, 1.807) is 42.5 Å². The van der Waals surface area contributed by atoms with Crippen molar-refractivity contribution < 1.29 is 22.7 Å². The van der Waals surface area contributed by atoms with E-state index in [2.05, 4.69) is 4.98 Å². The molecule has 1 saturated heterocycles. The van der Waals surface area contributed by atoms with Crippen molar-refractivity contribution in [3.63, 3.8) is 0 Å². The molecule has 9 heteroatoms. The van der Waals surface area contributed by atoms with Crippen LogP contribution >= 0.6 is 0 Å². The summed E-state index contributed by atoms with van der Waals surface area (Å²) >= 11 is 0. The number of methoxy groups -OCH3 is 1. The largest absolute Gasteiger partial charge is 0.495 e. The van der Waals surface area contributed by atoms with E-state index in [9.17, 15) is 13.2 Å². The summed E-state index contributed by atoms with van der Waals surface area (Å²) in [6.45, 7) is 0.824. The van der Waals surface area contributed by atoms with E-state index in [-0.39, 0.29) is 17.5 Å². The van der Waals surface area contributed by atoms with Gasteiger partial charge in [0.25, 0.3) is 0 Å². The highest BCUT2D eigenvalue weighted by Gasteiger charge is 2.38. The number of pyridine rings is 1. The third kappa shape index (κ3) is 3.47. The van der Waals surface area contributed by atoms with Crippen LogP contribution in [0, 0.1) is 0 Å². The number of anilines is 1. The number of amides is 1. The van der Waals surface area contributed by atoms with Gasteiger partial charge in [0.2, 0.25) is 10.0 Å². The first-order chi connectivity index (χ1) is 15.5. The molecule has 0 aliphatic carbocycles. The molecule has 2 aliphatic heterocycles. The van der Waals surface area contributed by atoms with Gasteiger partial charge in [-0.25, -0.2) is 13.2 Å².